The number of benzene rings is 2. The third-order valence-electron chi connectivity index (χ3n) is 4.03. The molecule has 1 aliphatic rings. The smallest absolute Gasteiger partial charge is 0.397 e. The molecule has 0 unspecified atom stereocenters. The van der Waals surface area contributed by atoms with E-state index in [2.05, 4.69) is 4.18 Å². The van der Waals surface area contributed by atoms with Gasteiger partial charge in [0.05, 0.1) is 17.2 Å². The zero-order valence-electron chi connectivity index (χ0n) is 13.8. The molecule has 10 heteroatoms. The van der Waals surface area contributed by atoms with Gasteiger partial charge in [-0.3, -0.25) is 14.1 Å². The van der Waals surface area contributed by atoms with Gasteiger partial charge in [0.1, 0.15) is 17.2 Å². The first-order valence-corrected chi connectivity index (χ1v) is 9.01. The quantitative estimate of drug-likeness (QED) is 0.479. The monoisotopic (exact) mass is 394 g/mol. The summed E-state index contributed by atoms with van der Waals surface area (Å²) in [5, 5.41) is 29.7. The number of carbonyl (C=O) groups excluding carboxylic acids is 2. The molecule has 2 aromatic carbocycles. The van der Waals surface area contributed by atoms with Crippen molar-refractivity contribution in [2.45, 2.75) is 19.4 Å². The Morgan fingerprint density at radius 1 is 0.926 bits per heavy atom. The van der Waals surface area contributed by atoms with E-state index >= 15 is 0 Å². The summed E-state index contributed by atoms with van der Waals surface area (Å²) >= 11 is 0. The number of carbonyl (C=O) groups is 2. The highest BCUT2D eigenvalue weighted by Gasteiger charge is 2.35. The lowest BCUT2D eigenvalue weighted by Gasteiger charge is -2.21. The third-order valence-corrected chi connectivity index (χ3v) is 4.60. The molecule has 0 fully saturated rings. The first-order chi connectivity index (χ1) is 12.5. The normalized spacial score (nSPS) is 14.6. The van der Waals surface area contributed by atoms with Gasteiger partial charge in [-0.1, -0.05) is 0 Å². The molecule has 1 atom stereocenters. The average molecular weight is 394 g/mol. The highest BCUT2D eigenvalue weighted by atomic mass is 32.3. The van der Waals surface area contributed by atoms with E-state index in [1.807, 2.05) is 0 Å². The number of phenolic OH excluding ortho intramolecular Hbond substituents is 3. The van der Waals surface area contributed by atoms with Gasteiger partial charge in [-0.15, -0.1) is 0 Å². The minimum absolute atomic E-state index is 0.0970. The maximum absolute atomic E-state index is 12.7. The van der Waals surface area contributed by atoms with Crippen LogP contribution in [0.25, 0.3) is 0 Å². The van der Waals surface area contributed by atoms with Crippen LogP contribution in [0.5, 0.6) is 17.2 Å². The summed E-state index contributed by atoms with van der Waals surface area (Å²) in [4.78, 5) is 25.4. The highest BCUT2D eigenvalue weighted by Crippen LogP contribution is 2.39. The molecular formula is C17H14O9S. The standard InChI is InChI=1S/C17H14O9S/c1-7(26-27(23,24)25)2-8-3-10-14(12(19)4-8)17(22)15-11(16(10)21)5-9(18)6-13(15)20/h3-7,18-20H,2H2,1H3,(H,23,24,25)/t7-/m1/s1. The average Bonchev–Trinajstić information content (AvgIpc) is 2.49. The van der Waals surface area contributed by atoms with Crippen molar-refractivity contribution in [1.29, 1.82) is 0 Å². The van der Waals surface area contributed by atoms with Crippen LogP contribution in [0, 0.1) is 0 Å². The van der Waals surface area contributed by atoms with Crippen LogP contribution in [0.1, 0.15) is 44.3 Å². The fourth-order valence-corrected chi connectivity index (χ4v) is 3.58. The van der Waals surface area contributed by atoms with Crippen molar-refractivity contribution in [3.05, 3.63) is 52.1 Å². The second-order valence-electron chi connectivity index (χ2n) is 6.12. The van der Waals surface area contributed by atoms with Crippen molar-refractivity contribution >= 4 is 22.0 Å². The lowest BCUT2D eigenvalue weighted by molar-refractivity contribution is 0.0973. The lowest BCUT2D eigenvalue weighted by atomic mass is 9.81. The molecule has 9 nitrogen and oxygen atoms in total. The van der Waals surface area contributed by atoms with Crippen LogP contribution in [0.15, 0.2) is 24.3 Å². The van der Waals surface area contributed by atoms with Gasteiger partial charge in [0.25, 0.3) is 0 Å². The molecular weight excluding hydrogens is 380 g/mol. The second-order valence-corrected chi connectivity index (χ2v) is 7.17. The fourth-order valence-electron chi connectivity index (χ4n) is 3.09. The summed E-state index contributed by atoms with van der Waals surface area (Å²) in [6.45, 7) is 1.35. The Morgan fingerprint density at radius 2 is 1.48 bits per heavy atom. The van der Waals surface area contributed by atoms with Crippen molar-refractivity contribution in [1.82, 2.24) is 0 Å². The molecule has 0 aliphatic heterocycles. The van der Waals surface area contributed by atoms with E-state index in [1.54, 1.807) is 0 Å². The largest absolute Gasteiger partial charge is 0.508 e. The van der Waals surface area contributed by atoms with Gasteiger partial charge in [0.2, 0.25) is 5.78 Å². The van der Waals surface area contributed by atoms with E-state index in [1.165, 1.54) is 13.0 Å². The fraction of sp³-hybridized carbons (Fsp3) is 0.176. The first-order valence-electron chi connectivity index (χ1n) is 7.65. The molecule has 0 saturated carbocycles. The molecule has 0 heterocycles. The molecule has 27 heavy (non-hydrogen) atoms. The number of phenols is 3. The van der Waals surface area contributed by atoms with Gasteiger partial charge >= 0.3 is 10.4 Å². The summed E-state index contributed by atoms with van der Waals surface area (Å²) in [7, 11) is -4.68. The minimum atomic E-state index is -4.68. The van der Waals surface area contributed by atoms with E-state index in [0.29, 0.717) is 0 Å². The number of hydrogen-bond acceptors (Lipinski definition) is 8. The number of aromatic hydroxyl groups is 3. The molecule has 4 N–H and O–H groups in total. The summed E-state index contributed by atoms with van der Waals surface area (Å²) in [6, 6.07) is 4.39. The van der Waals surface area contributed by atoms with Gasteiger partial charge in [0, 0.05) is 23.6 Å². The van der Waals surface area contributed by atoms with Crippen LogP contribution in [-0.4, -0.2) is 46.0 Å². The number of fused-ring (bicyclic) bond motifs is 2. The zero-order valence-corrected chi connectivity index (χ0v) is 14.6. The third kappa shape index (κ3) is 3.50. The van der Waals surface area contributed by atoms with E-state index in [0.717, 1.165) is 18.2 Å². The van der Waals surface area contributed by atoms with Gasteiger partial charge in [-0.2, -0.15) is 8.42 Å². The maximum atomic E-state index is 12.7. The first kappa shape index (κ1) is 18.8. The molecule has 0 spiro atoms. The van der Waals surface area contributed by atoms with Crippen molar-refractivity contribution in [3.8, 4) is 17.2 Å². The van der Waals surface area contributed by atoms with Crippen LogP contribution in [0.3, 0.4) is 0 Å². The predicted molar refractivity (Wildman–Crippen MR) is 90.5 cm³/mol. The molecule has 0 radical (unpaired) electrons. The van der Waals surface area contributed by atoms with E-state index in [4.69, 9.17) is 4.55 Å². The van der Waals surface area contributed by atoms with Gasteiger partial charge < -0.3 is 15.3 Å². The zero-order chi connectivity index (χ0) is 20.1. The lowest BCUT2D eigenvalue weighted by Crippen LogP contribution is -2.22. The van der Waals surface area contributed by atoms with Crippen LogP contribution in [0.2, 0.25) is 0 Å². The van der Waals surface area contributed by atoms with Gasteiger partial charge in [-0.05, 0) is 30.7 Å². The van der Waals surface area contributed by atoms with E-state index < -0.39 is 45.3 Å². The summed E-state index contributed by atoms with van der Waals surface area (Å²) in [5.41, 5.74) is -0.733. The predicted octanol–water partition coefficient (Wildman–Crippen LogP) is 1.33. The van der Waals surface area contributed by atoms with Crippen LogP contribution >= 0.6 is 0 Å². The molecule has 0 saturated heterocycles. The van der Waals surface area contributed by atoms with Crippen molar-refractivity contribution in [2.24, 2.45) is 0 Å². The van der Waals surface area contributed by atoms with Crippen LogP contribution < -0.4 is 0 Å². The Kier molecular flexibility index (Phi) is 4.42. The SMILES string of the molecule is C[C@H](Cc1cc(O)c2c(c1)C(=O)c1cc(O)cc(O)c1C2=O)OS(=O)(=O)O. The summed E-state index contributed by atoms with van der Waals surface area (Å²) in [6.07, 6.45) is -1.10. The number of rotatable bonds is 4. The molecule has 2 aromatic rings. The van der Waals surface area contributed by atoms with Crippen molar-refractivity contribution in [3.63, 3.8) is 0 Å². The number of ketones is 2. The Morgan fingerprint density at radius 3 is 2.07 bits per heavy atom. The van der Waals surface area contributed by atoms with Gasteiger partial charge in [-0.25, -0.2) is 4.18 Å². The molecule has 0 aromatic heterocycles. The molecule has 1 aliphatic carbocycles. The maximum Gasteiger partial charge on any atom is 0.397 e. The molecule has 142 valence electrons. The second kappa shape index (κ2) is 6.34. The molecule has 0 bridgehead atoms. The Labute approximate surface area is 153 Å². The molecule has 3 rings (SSSR count). The van der Waals surface area contributed by atoms with Crippen LogP contribution in [0.4, 0.5) is 0 Å². The van der Waals surface area contributed by atoms with Crippen molar-refractivity contribution < 1.29 is 42.1 Å². The van der Waals surface area contributed by atoms with Crippen LogP contribution in [-0.2, 0) is 21.0 Å². The van der Waals surface area contributed by atoms with E-state index in [-0.39, 0.29) is 34.2 Å². The minimum Gasteiger partial charge on any atom is -0.508 e. The topological polar surface area (TPSA) is 158 Å². The Bertz CT molecular complexity index is 1090. The summed E-state index contributed by atoms with van der Waals surface area (Å²) in [5.74, 6) is -3.02. The van der Waals surface area contributed by atoms with Gasteiger partial charge in [0.15, 0.2) is 5.78 Å². The Hall–Kier alpha value is -2.95. The van der Waals surface area contributed by atoms with E-state index in [9.17, 15) is 33.3 Å². The molecule has 0 amide bonds. The van der Waals surface area contributed by atoms with Crippen molar-refractivity contribution in [2.75, 3.05) is 0 Å². The Balaban J connectivity index is 2.07. The highest BCUT2D eigenvalue weighted by molar-refractivity contribution is 7.80. The number of hydrogen-bond donors (Lipinski definition) is 4. The summed E-state index contributed by atoms with van der Waals surface area (Å²) < 4.78 is 34.6.